The Hall–Kier alpha value is -3.51. The van der Waals surface area contributed by atoms with E-state index < -0.39 is 0 Å². The lowest BCUT2D eigenvalue weighted by atomic mass is 10.2. The van der Waals surface area contributed by atoms with Crippen molar-refractivity contribution in [2.75, 3.05) is 31.1 Å². The molecule has 0 bridgehead atoms. The molecular weight excluding hydrogens is 370 g/mol. The van der Waals surface area contributed by atoms with Crippen LogP contribution in [-0.2, 0) is 13.1 Å². The van der Waals surface area contributed by atoms with Crippen molar-refractivity contribution in [1.29, 1.82) is 0 Å². The first-order chi connectivity index (χ1) is 14.2. The molecule has 3 aromatic rings. The van der Waals surface area contributed by atoms with E-state index in [2.05, 4.69) is 37.1 Å². The predicted molar refractivity (Wildman–Crippen MR) is 109 cm³/mol. The Morgan fingerprint density at radius 3 is 2.83 bits per heavy atom. The van der Waals surface area contributed by atoms with Gasteiger partial charge in [0, 0.05) is 32.4 Å². The van der Waals surface area contributed by atoms with E-state index in [0.29, 0.717) is 29.2 Å². The van der Waals surface area contributed by atoms with Gasteiger partial charge in [0.2, 0.25) is 11.7 Å². The first-order valence-electron chi connectivity index (χ1n) is 9.45. The van der Waals surface area contributed by atoms with Crippen LogP contribution in [0.5, 0.6) is 0 Å². The van der Waals surface area contributed by atoms with Gasteiger partial charge in [0.1, 0.15) is 23.3 Å². The van der Waals surface area contributed by atoms with Gasteiger partial charge in [-0.1, -0.05) is 12.0 Å². The number of carbonyl (C=O) groups excluding carboxylic acids is 1. The van der Waals surface area contributed by atoms with E-state index in [1.54, 1.807) is 31.3 Å². The smallest absolute Gasteiger partial charge is 0.293 e. The predicted octanol–water partition coefficient (Wildman–Crippen LogP) is 0.304. The number of aromatic nitrogens is 5. The van der Waals surface area contributed by atoms with E-state index in [9.17, 15) is 9.59 Å². The third-order valence-corrected chi connectivity index (χ3v) is 4.79. The SMILES string of the molecule is CC#CCn1c(N2CCNCC2)nc2cnn(CC(=O)c3ccccn3)c(=O)c21. The number of nitrogens with zero attached hydrogens (tertiary/aromatic N) is 6. The third-order valence-electron chi connectivity index (χ3n) is 4.79. The van der Waals surface area contributed by atoms with Crippen LogP contribution in [0.2, 0.25) is 0 Å². The number of ketones is 1. The molecule has 4 heterocycles. The largest absolute Gasteiger partial charge is 0.340 e. The third kappa shape index (κ3) is 3.75. The summed E-state index contributed by atoms with van der Waals surface area (Å²) in [6.45, 7) is 5.22. The van der Waals surface area contributed by atoms with E-state index >= 15 is 0 Å². The quantitative estimate of drug-likeness (QED) is 0.494. The van der Waals surface area contributed by atoms with Crippen molar-refractivity contribution in [2.24, 2.45) is 0 Å². The number of hydrogen-bond donors (Lipinski definition) is 1. The zero-order valence-electron chi connectivity index (χ0n) is 16.1. The maximum atomic E-state index is 13.2. The molecule has 3 aromatic heterocycles. The van der Waals surface area contributed by atoms with Gasteiger partial charge >= 0.3 is 0 Å². The lowest BCUT2D eigenvalue weighted by Crippen LogP contribution is -2.44. The number of carbonyl (C=O) groups is 1. The molecule has 1 aliphatic rings. The van der Waals surface area contributed by atoms with Crippen LogP contribution in [0.3, 0.4) is 0 Å². The number of imidazole rings is 1. The van der Waals surface area contributed by atoms with Crippen molar-refractivity contribution in [3.63, 3.8) is 0 Å². The summed E-state index contributed by atoms with van der Waals surface area (Å²) in [7, 11) is 0. The van der Waals surface area contributed by atoms with Gasteiger partial charge in [0.25, 0.3) is 5.56 Å². The van der Waals surface area contributed by atoms with Gasteiger partial charge in [-0.3, -0.25) is 19.1 Å². The van der Waals surface area contributed by atoms with Gasteiger partial charge in [-0.2, -0.15) is 5.10 Å². The summed E-state index contributed by atoms with van der Waals surface area (Å²) in [4.78, 5) is 36.5. The number of pyridine rings is 1. The second-order valence-electron chi connectivity index (χ2n) is 6.64. The summed E-state index contributed by atoms with van der Waals surface area (Å²) in [5, 5.41) is 7.47. The summed E-state index contributed by atoms with van der Waals surface area (Å²) < 4.78 is 2.99. The molecule has 1 saturated heterocycles. The zero-order valence-corrected chi connectivity index (χ0v) is 16.1. The highest BCUT2D eigenvalue weighted by Gasteiger charge is 2.22. The Bertz CT molecular complexity index is 1150. The lowest BCUT2D eigenvalue weighted by molar-refractivity contribution is 0.0961. The second kappa shape index (κ2) is 8.24. The number of nitrogens with one attached hydrogen (secondary N) is 1. The van der Waals surface area contributed by atoms with Gasteiger partial charge in [-0.15, -0.1) is 5.92 Å². The molecule has 0 spiro atoms. The van der Waals surface area contributed by atoms with Crippen molar-refractivity contribution in [1.82, 2.24) is 29.6 Å². The fourth-order valence-corrected chi connectivity index (χ4v) is 3.34. The monoisotopic (exact) mass is 391 g/mol. The highest BCUT2D eigenvalue weighted by Crippen LogP contribution is 2.20. The van der Waals surface area contributed by atoms with Crippen molar-refractivity contribution in [3.05, 3.63) is 46.6 Å². The number of anilines is 1. The summed E-state index contributed by atoms with van der Waals surface area (Å²) >= 11 is 0. The molecule has 0 radical (unpaired) electrons. The van der Waals surface area contributed by atoms with E-state index in [4.69, 9.17) is 0 Å². The standard InChI is InChI=1S/C20H21N7O2/c1-2-3-10-26-18-16(24-20(26)25-11-8-21-9-12-25)13-23-27(19(18)29)14-17(28)15-6-4-5-7-22-15/h4-7,13,21H,8-12,14H2,1H3. The first kappa shape index (κ1) is 18.8. The number of Topliss-reactive ketones (excluding diaryl/α,β-unsaturated/α-hetero) is 1. The Balaban J connectivity index is 1.76. The van der Waals surface area contributed by atoms with Crippen LogP contribution < -0.4 is 15.8 Å². The minimum Gasteiger partial charge on any atom is -0.340 e. The van der Waals surface area contributed by atoms with Crippen LogP contribution in [0.15, 0.2) is 35.4 Å². The van der Waals surface area contributed by atoms with E-state index in [1.165, 1.54) is 10.9 Å². The maximum Gasteiger partial charge on any atom is 0.293 e. The normalized spacial score (nSPS) is 13.9. The molecule has 1 N–H and O–H groups in total. The Morgan fingerprint density at radius 2 is 2.10 bits per heavy atom. The average molecular weight is 391 g/mol. The van der Waals surface area contributed by atoms with Gasteiger partial charge in [-0.25, -0.2) is 9.67 Å². The lowest BCUT2D eigenvalue weighted by Gasteiger charge is -2.28. The molecule has 1 fully saturated rings. The van der Waals surface area contributed by atoms with Gasteiger partial charge < -0.3 is 10.2 Å². The van der Waals surface area contributed by atoms with Crippen molar-refractivity contribution < 1.29 is 4.79 Å². The molecule has 9 nitrogen and oxygen atoms in total. The van der Waals surface area contributed by atoms with Crippen LogP contribution in [0.1, 0.15) is 17.4 Å². The van der Waals surface area contributed by atoms with E-state index in [0.717, 1.165) is 26.2 Å². The molecule has 29 heavy (non-hydrogen) atoms. The highest BCUT2D eigenvalue weighted by molar-refractivity contribution is 5.94. The number of fused-ring (bicyclic) bond motifs is 1. The Morgan fingerprint density at radius 1 is 1.28 bits per heavy atom. The van der Waals surface area contributed by atoms with Crippen molar-refractivity contribution in [2.45, 2.75) is 20.0 Å². The maximum absolute atomic E-state index is 13.2. The van der Waals surface area contributed by atoms with E-state index in [1.807, 2.05) is 4.57 Å². The minimum atomic E-state index is -0.362. The molecule has 0 amide bonds. The fourth-order valence-electron chi connectivity index (χ4n) is 3.34. The number of rotatable bonds is 5. The first-order valence-corrected chi connectivity index (χ1v) is 9.45. The molecular formula is C20H21N7O2. The fraction of sp³-hybridized carbons (Fsp3) is 0.350. The van der Waals surface area contributed by atoms with Crippen LogP contribution >= 0.6 is 0 Å². The number of piperazine rings is 1. The summed E-state index contributed by atoms with van der Waals surface area (Å²) in [5.41, 5.74) is 0.847. The summed E-state index contributed by atoms with van der Waals surface area (Å²) in [6.07, 6.45) is 3.08. The molecule has 4 rings (SSSR count). The molecule has 0 atom stereocenters. The van der Waals surface area contributed by atoms with Gasteiger partial charge in [0.05, 0.1) is 12.7 Å². The van der Waals surface area contributed by atoms with E-state index in [-0.39, 0.29) is 17.9 Å². The van der Waals surface area contributed by atoms with Crippen LogP contribution in [-0.4, -0.2) is 56.3 Å². The molecule has 9 heteroatoms. The van der Waals surface area contributed by atoms with Crippen molar-refractivity contribution in [3.8, 4) is 11.8 Å². The van der Waals surface area contributed by atoms with Gasteiger partial charge in [0.15, 0.2) is 0 Å². The average Bonchev–Trinajstić information content (AvgIpc) is 3.14. The molecule has 148 valence electrons. The van der Waals surface area contributed by atoms with Crippen LogP contribution in [0.25, 0.3) is 11.0 Å². The summed E-state index contributed by atoms with van der Waals surface area (Å²) in [5.74, 6) is 6.32. The minimum absolute atomic E-state index is 0.181. The van der Waals surface area contributed by atoms with Crippen LogP contribution in [0, 0.1) is 11.8 Å². The van der Waals surface area contributed by atoms with Gasteiger partial charge in [-0.05, 0) is 19.1 Å². The molecule has 0 saturated carbocycles. The van der Waals surface area contributed by atoms with Crippen LogP contribution in [0.4, 0.5) is 5.95 Å². The Labute approximate surface area is 167 Å². The molecule has 1 aliphatic heterocycles. The Kier molecular flexibility index (Phi) is 5.35. The molecule has 0 unspecified atom stereocenters. The molecule has 0 aromatic carbocycles. The topological polar surface area (TPSA) is 97.9 Å². The summed E-state index contributed by atoms with van der Waals surface area (Å²) in [6, 6.07) is 5.09. The number of hydrogen-bond acceptors (Lipinski definition) is 7. The molecule has 0 aliphatic carbocycles. The van der Waals surface area contributed by atoms with Crippen molar-refractivity contribution >= 4 is 22.8 Å². The second-order valence-corrected chi connectivity index (χ2v) is 6.64. The highest BCUT2D eigenvalue weighted by atomic mass is 16.1. The zero-order chi connectivity index (χ0) is 20.2.